The van der Waals surface area contributed by atoms with Gasteiger partial charge in [-0.05, 0) is 49.7 Å². The number of carbonyl (C=O) groups is 1. The second-order valence-electron chi connectivity index (χ2n) is 5.43. The van der Waals surface area contributed by atoms with Crippen molar-refractivity contribution in [1.82, 2.24) is 10.1 Å². The average molecular weight is 374 g/mol. The first-order chi connectivity index (χ1) is 12.0. The van der Waals surface area contributed by atoms with Crippen LogP contribution in [-0.2, 0) is 5.75 Å². The molecule has 0 aliphatic heterocycles. The second-order valence-corrected chi connectivity index (χ2v) is 6.89. The molecule has 0 radical (unpaired) electrons. The zero-order valence-electron chi connectivity index (χ0n) is 13.7. The molecule has 2 aromatic carbocycles. The Morgan fingerprint density at radius 2 is 2.04 bits per heavy atom. The Balaban J connectivity index is 1.76. The number of rotatable bonds is 5. The van der Waals surface area contributed by atoms with E-state index in [0.717, 1.165) is 16.1 Å². The van der Waals surface area contributed by atoms with Crippen molar-refractivity contribution in [3.8, 4) is 0 Å². The lowest BCUT2D eigenvalue weighted by Gasteiger charge is -2.11. The molecular weight excluding hydrogens is 358 g/mol. The lowest BCUT2D eigenvalue weighted by molar-refractivity contribution is 0.102. The zero-order chi connectivity index (χ0) is 17.8. The fourth-order valence-corrected chi connectivity index (χ4v) is 3.39. The van der Waals surface area contributed by atoms with Crippen LogP contribution in [0.15, 0.2) is 51.9 Å². The number of carbonyl (C=O) groups excluding carboxylic acids is 1. The molecule has 0 bridgehead atoms. The maximum absolute atomic E-state index is 12.7. The Morgan fingerprint density at radius 3 is 2.76 bits per heavy atom. The van der Waals surface area contributed by atoms with Gasteiger partial charge in [0.2, 0.25) is 5.89 Å². The van der Waals surface area contributed by atoms with E-state index < -0.39 is 0 Å². The summed E-state index contributed by atoms with van der Waals surface area (Å²) in [7, 11) is 0. The highest BCUT2D eigenvalue weighted by molar-refractivity contribution is 7.98. The van der Waals surface area contributed by atoms with E-state index in [4.69, 9.17) is 16.1 Å². The van der Waals surface area contributed by atoms with Crippen LogP contribution in [0.25, 0.3) is 0 Å². The number of aromatic nitrogens is 2. The van der Waals surface area contributed by atoms with Crippen LogP contribution in [0, 0.1) is 13.8 Å². The van der Waals surface area contributed by atoms with Gasteiger partial charge in [0.05, 0.1) is 11.3 Å². The molecule has 1 amide bonds. The highest BCUT2D eigenvalue weighted by Crippen LogP contribution is 2.27. The van der Waals surface area contributed by atoms with Crippen LogP contribution < -0.4 is 5.32 Å². The summed E-state index contributed by atoms with van der Waals surface area (Å²) in [5, 5.41) is 7.34. The van der Waals surface area contributed by atoms with E-state index in [9.17, 15) is 4.79 Å². The summed E-state index contributed by atoms with van der Waals surface area (Å²) in [5.74, 6) is 1.46. The molecule has 1 aromatic heterocycles. The number of amides is 1. The molecular formula is C18H16ClN3O2S. The van der Waals surface area contributed by atoms with Crippen molar-refractivity contribution < 1.29 is 9.32 Å². The number of hydrogen-bond acceptors (Lipinski definition) is 5. The van der Waals surface area contributed by atoms with Gasteiger partial charge in [-0.1, -0.05) is 28.9 Å². The Morgan fingerprint density at radius 1 is 1.24 bits per heavy atom. The topological polar surface area (TPSA) is 68.0 Å². The molecule has 0 aliphatic rings. The molecule has 25 heavy (non-hydrogen) atoms. The predicted octanol–water partition coefficient (Wildman–Crippen LogP) is 4.88. The van der Waals surface area contributed by atoms with Crippen LogP contribution in [0.5, 0.6) is 0 Å². The highest BCUT2D eigenvalue weighted by Gasteiger charge is 2.14. The molecule has 3 rings (SSSR count). The maximum Gasteiger partial charge on any atom is 0.256 e. The number of halogens is 1. The Hall–Kier alpha value is -2.31. The van der Waals surface area contributed by atoms with Gasteiger partial charge in [-0.3, -0.25) is 4.79 Å². The molecule has 0 spiro atoms. The van der Waals surface area contributed by atoms with Crippen molar-refractivity contribution in [2.24, 2.45) is 0 Å². The van der Waals surface area contributed by atoms with E-state index in [-0.39, 0.29) is 5.91 Å². The fourth-order valence-electron chi connectivity index (χ4n) is 2.28. The number of aryl methyl sites for hydroxylation is 2. The van der Waals surface area contributed by atoms with Crippen molar-refractivity contribution >= 4 is 35.0 Å². The molecule has 0 unspecified atom stereocenters. The van der Waals surface area contributed by atoms with Gasteiger partial charge in [0.25, 0.3) is 5.91 Å². The number of nitrogens with one attached hydrogen (secondary N) is 1. The van der Waals surface area contributed by atoms with Gasteiger partial charge in [0.15, 0.2) is 5.82 Å². The van der Waals surface area contributed by atoms with E-state index in [1.165, 1.54) is 11.8 Å². The standard InChI is InChI=1S/C18H16ClN3O2S/c1-11-9-13(19)7-8-15(11)21-18(23)14-5-3-4-6-16(14)25-10-17-20-12(2)22-24-17/h3-9H,10H2,1-2H3,(H,21,23). The molecule has 0 saturated carbocycles. The minimum absolute atomic E-state index is 0.171. The zero-order valence-corrected chi connectivity index (χ0v) is 15.3. The van der Waals surface area contributed by atoms with Crippen LogP contribution >= 0.6 is 23.4 Å². The van der Waals surface area contributed by atoms with E-state index >= 15 is 0 Å². The van der Waals surface area contributed by atoms with Crippen LogP contribution in [0.4, 0.5) is 5.69 Å². The highest BCUT2D eigenvalue weighted by atomic mass is 35.5. The molecule has 128 valence electrons. The third kappa shape index (κ3) is 4.41. The molecule has 1 heterocycles. The van der Waals surface area contributed by atoms with Gasteiger partial charge >= 0.3 is 0 Å². The van der Waals surface area contributed by atoms with Crippen LogP contribution in [0.2, 0.25) is 5.02 Å². The maximum atomic E-state index is 12.7. The van der Waals surface area contributed by atoms with Crippen LogP contribution in [-0.4, -0.2) is 16.0 Å². The van der Waals surface area contributed by atoms with Gasteiger partial charge < -0.3 is 9.84 Å². The first kappa shape index (κ1) is 17.5. The fraction of sp³-hybridized carbons (Fsp3) is 0.167. The molecule has 0 fully saturated rings. The van der Waals surface area contributed by atoms with Crippen molar-refractivity contribution in [3.05, 3.63) is 70.3 Å². The molecule has 3 aromatic rings. The summed E-state index contributed by atoms with van der Waals surface area (Å²) in [6.07, 6.45) is 0. The number of anilines is 1. The van der Waals surface area contributed by atoms with Crippen molar-refractivity contribution in [3.63, 3.8) is 0 Å². The first-order valence-corrected chi connectivity index (χ1v) is 8.98. The van der Waals surface area contributed by atoms with Gasteiger partial charge in [-0.2, -0.15) is 4.98 Å². The van der Waals surface area contributed by atoms with Crippen LogP contribution in [0.1, 0.15) is 27.6 Å². The minimum atomic E-state index is -0.171. The third-order valence-corrected chi connectivity index (χ3v) is 4.78. The second kappa shape index (κ2) is 7.72. The van der Waals surface area contributed by atoms with E-state index in [0.29, 0.717) is 28.1 Å². The molecule has 5 nitrogen and oxygen atoms in total. The molecule has 0 saturated heterocycles. The molecule has 0 atom stereocenters. The third-order valence-electron chi connectivity index (χ3n) is 3.49. The minimum Gasteiger partial charge on any atom is -0.338 e. The average Bonchev–Trinajstić information content (AvgIpc) is 3.01. The van der Waals surface area contributed by atoms with Crippen LogP contribution in [0.3, 0.4) is 0 Å². The normalized spacial score (nSPS) is 10.7. The Bertz CT molecular complexity index is 911. The Labute approximate surface area is 154 Å². The monoisotopic (exact) mass is 373 g/mol. The number of benzene rings is 2. The predicted molar refractivity (Wildman–Crippen MR) is 99.2 cm³/mol. The van der Waals surface area contributed by atoms with E-state index in [2.05, 4.69) is 15.5 Å². The first-order valence-electron chi connectivity index (χ1n) is 7.61. The number of hydrogen-bond donors (Lipinski definition) is 1. The van der Waals surface area contributed by atoms with Gasteiger partial charge in [-0.25, -0.2) is 0 Å². The van der Waals surface area contributed by atoms with Gasteiger partial charge in [0, 0.05) is 15.6 Å². The smallest absolute Gasteiger partial charge is 0.256 e. The number of nitrogens with zero attached hydrogens (tertiary/aromatic N) is 2. The Kier molecular flexibility index (Phi) is 5.40. The summed E-state index contributed by atoms with van der Waals surface area (Å²) in [6.45, 7) is 3.67. The van der Waals surface area contributed by atoms with Gasteiger partial charge in [-0.15, -0.1) is 11.8 Å². The summed E-state index contributed by atoms with van der Waals surface area (Å²) in [5.41, 5.74) is 2.24. The summed E-state index contributed by atoms with van der Waals surface area (Å²) in [4.78, 5) is 17.7. The van der Waals surface area contributed by atoms with Crippen molar-refractivity contribution in [2.75, 3.05) is 5.32 Å². The lowest BCUT2D eigenvalue weighted by Crippen LogP contribution is -2.13. The lowest BCUT2D eigenvalue weighted by atomic mass is 10.1. The summed E-state index contributed by atoms with van der Waals surface area (Å²) in [6, 6.07) is 12.8. The number of thioether (sulfide) groups is 1. The SMILES string of the molecule is Cc1noc(CSc2ccccc2C(=O)Nc2ccc(Cl)cc2C)n1. The van der Waals surface area contributed by atoms with E-state index in [1.807, 2.05) is 31.2 Å². The van der Waals surface area contributed by atoms with E-state index in [1.54, 1.807) is 25.1 Å². The summed E-state index contributed by atoms with van der Waals surface area (Å²) >= 11 is 7.44. The molecule has 1 N–H and O–H groups in total. The van der Waals surface area contributed by atoms with Crippen molar-refractivity contribution in [2.45, 2.75) is 24.5 Å². The summed E-state index contributed by atoms with van der Waals surface area (Å²) < 4.78 is 5.11. The largest absolute Gasteiger partial charge is 0.338 e. The van der Waals surface area contributed by atoms with Gasteiger partial charge in [0.1, 0.15) is 0 Å². The molecule has 0 aliphatic carbocycles. The van der Waals surface area contributed by atoms with Crippen molar-refractivity contribution in [1.29, 1.82) is 0 Å². The quantitative estimate of drug-likeness (QED) is 0.645. The molecule has 7 heteroatoms.